The van der Waals surface area contributed by atoms with Gasteiger partial charge in [0, 0.05) is 13.0 Å². The second kappa shape index (κ2) is 6.38. The van der Waals surface area contributed by atoms with Crippen LogP contribution >= 0.6 is 0 Å². The zero-order valence-corrected chi connectivity index (χ0v) is 14.1. The number of carbonyl (C=O) groups excluding carboxylic acids is 1. The molecule has 2 aliphatic rings. The van der Waals surface area contributed by atoms with E-state index in [2.05, 4.69) is 28.3 Å². The van der Waals surface area contributed by atoms with E-state index in [4.69, 9.17) is 4.52 Å². The molecule has 2 heterocycles. The van der Waals surface area contributed by atoms with E-state index in [1.165, 1.54) is 11.1 Å². The van der Waals surface area contributed by atoms with Crippen molar-refractivity contribution in [3.8, 4) is 0 Å². The fourth-order valence-electron chi connectivity index (χ4n) is 4.06. The molecule has 1 amide bonds. The molecule has 1 aromatic carbocycles. The topological polar surface area (TPSA) is 59.2 Å². The van der Waals surface area contributed by atoms with Crippen LogP contribution in [0.3, 0.4) is 0 Å². The Bertz CT molecular complexity index is 740. The van der Waals surface area contributed by atoms with Crippen molar-refractivity contribution in [3.63, 3.8) is 0 Å². The van der Waals surface area contributed by atoms with E-state index in [-0.39, 0.29) is 17.9 Å². The fourth-order valence-corrected chi connectivity index (χ4v) is 4.06. The van der Waals surface area contributed by atoms with Crippen LogP contribution < -0.4 is 0 Å². The molecule has 126 valence electrons. The van der Waals surface area contributed by atoms with Crippen molar-refractivity contribution in [1.29, 1.82) is 0 Å². The van der Waals surface area contributed by atoms with Gasteiger partial charge in [-0.25, -0.2) is 0 Å². The average molecular weight is 325 g/mol. The van der Waals surface area contributed by atoms with Crippen LogP contribution in [-0.2, 0) is 17.6 Å². The molecule has 0 N–H and O–H groups in total. The fraction of sp³-hybridized carbons (Fsp3) is 0.526. The van der Waals surface area contributed by atoms with Crippen molar-refractivity contribution < 1.29 is 9.32 Å². The average Bonchev–Trinajstić information content (AvgIpc) is 3.29. The van der Waals surface area contributed by atoms with Crippen LogP contribution in [0.5, 0.6) is 0 Å². The Morgan fingerprint density at radius 2 is 2.17 bits per heavy atom. The lowest BCUT2D eigenvalue weighted by Gasteiger charge is -2.31. The predicted molar refractivity (Wildman–Crippen MR) is 89.5 cm³/mol. The van der Waals surface area contributed by atoms with E-state index in [1.54, 1.807) is 0 Å². The Kier molecular flexibility index (Phi) is 4.08. The first-order chi connectivity index (χ1) is 11.8. The largest absolute Gasteiger partial charge is 0.339 e. The summed E-state index contributed by atoms with van der Waals surface area (Å²) in [7, 11) is 0. The molecule has 0 bridgehead atoms. The van der Waals surface area contributed by atoms with Gasteiger partial charge in [-0.2, -0.15) is 4.98 Å². The van der Waals surface area contributed by atoms with E-state index < -0.39 is 0 Å². The molecular formula is C19H23N3O2. The van der Waals surface area contributed by atoms with Crippen molar-refractivity contribution in [2.45, 2.75) is 57.4 Å². The number of likely N-dealkylation sites (tertiary alicyclic amines) is 1. The van der Waals surface area contributed by atoms with Crippen molar-refractivity contribution in [2.75, 3.05) is 6.54 Å². The first kappa shape index (κ1) is 15.4. The highest BCUT2D eigenvalue weighted by atomic mass is 16.5. The maximum atomic E-state index is 13.3. The van der Waals surface area contributed by atoms with Crippen LogP contribution in [0.1, 0.15) is 67.4 Å². The summed E-state index contributed by atoms with van der Waals surface area (Å²) in [5.41, 5.74) is 2.53. The quantitative estimate of drug-likeness (QED) is 0.867. The smallest absolute Gasteiger partial charge is 0.230 e. The lowest BCUT2D eigenvalue weighted by atomic mass is 9.82. The highest BCUT2D eigenvalue weighted by Gasteiger charge is 2.38. The number of aryl methyl sites for hydroxylation is 2. The predicted octanol–water partition coefficient (Wildman–Crippen LogP) is 3.42. The molecule has 1 aliphatic carbocycles. The molecule has 0 spiro atoms. The monoisotopic (exact) mass is 325 g/mol. The van der Waals surface area contributed by atoms with E-state index in [0.717, 1.165) is 45.1 Å². The molecular weight excluding hydrogens is 302 g/mol. The van der Waals surface area contributed by atoms with Crippen molar-refractivity contribution in [3.05, 3.63) is 47.1 Å². The van der Waals surface area contributed by atoms with E-state index in [0.29, 0.717) is 11.7 Å². The molecule has 0 saturated carbocycles. The third kappa shape index (κ3) is 2.62. The van der Waals surface area contributed by atoms with Gasteiger partial charge in [-0.1, -0.05) is 36.3 Å². The number of hydrogen-bond donors (Lipinski definition) is 0. The molecule has 1 aromatic heterocycles. The first-order valence-electron chi connectivity index (χ1n) is 8.98. The van der Waals surface area contributed by atoms with Crippen molar-refractivity contribution >= 4 is 5.91 Å². The Labute approximate surface area is 142 Å². The number of carbonyl (C=O) groups is 1. The molecule has 2 aromatic rings. The van der Waals surface area contributed by atoms with Gasteiger partial charge in [0.15, 0.2) is 5.82 Å². The summed E-state index contributed by atoms with van der Waals surface area (Å²) in [6.45, 7) is 2.78. The van der Waals surface area contributed by atoms with E-state index in [1.807, 2.05) is 17.9 Å². The third-order valence-corrected chi connectivity index (χ3v) is 5.29. The molecule has 1 saturated heterocycles. The number of fused-ring (bicyclic) bond motifs is 1. The van der Waals surface area contributed by atoms with Crippen LogP contribution in [0.25, 0.3) is 0 Å². The van der Waals surface area contributed by atoms with Gasteiger partial charge in [0.05, 0.1) is 12.0 Å². The Morgan fingerprint density at radius 1 is 1.29 bits per heavy atom. The minimum absolute atomic E-state index is 0.0203. The molecule has 1 aliphatic heterocycles. The Morgan fingerprint density at radius 3 is 3.00 bits per heavy atom. The van der Waals surface area contributed by atoms with Gasteiger partial charge >= 0.3 is 0 Å². The normalized spacial score (nSPS) is 23.3. The van der Waals surface area contributed by atoms with Gasteiger partial charge in [-0.15, -0.1) is 0 Å². The zero-order chi connectivity index (χ0) is 16.5. The van der Waals surface area contributed by atoms with Crippen LogP contribution in [0.15, 0.2) is 28.8 Å². The van der Waals surface area contributed by atoms with Crippen molar-refractivity contribution in [1.82, 2.24) is 15.0 Å². The number of rotatable bonds is 3. The summed E-state index contributed by atoms with van der Waals surface area (Å²) in [5, 5.41) is 4.11. The second-order valence-corrected chi connectivity index (χ2v) is 6.73. The van der Waals surface area contributed by atoms with E-state index >= 15 is 0 Å². The summed E-state index contributed by atoms with van der Waals surface area (Å²) < 4.78 is 5.26. The van der Waals surface area contributed by atoms with Gasteiger partial charge in [-0.05, 0) is 43.2 Å². The van der Waals surface area contributed by atoms with Gasteiger partial charge in [0.1, 0.15) is 0 Å². The Hall–Kier alpha value is -2.17. The van der Waals surface area contributed by atoms with Gasteiger partial charge in [0.2, 0.25) is 11.8 Å². The summed E-state index contributed by atoms with van der Waals surface area (Å²) in [5.74, 6) is 1.52. The lowest BCUT2D eigenvalue weighted by molar-refractivity contribution is -0.134. The molecule has 2 atom stereocenters. The summed E-state index contributed by atoms with van der Waals surface area (Å²) >= 11 is 0. The minimum atomic E-state index is -0.0318. The molecule has 4 rings (SSSR count). The lowest BCUT2D eigenvalue weighted by Crippen LogP contribution is -2.36. The zero-order valence-electron chi connectivity index (χ0n) is 14.1. The number of aromatic nitrogens is 2. The number of amides is 1. The van der Waals surface area contributed by atoms with Crippen LogP contribution in [0, 0.1) is 0 Å². The molecule has 0 radical (unpaired) electrons. The Balaban J connectivity index is 1.60. The maximum Gasteiger partial charge on any atom is 0.230 e. The van der Waals surface area contributed by atoms with Crippen LogP contribution in [-0.4, -0.2) is 27.5 Å². The standard InChI is InChI=1S/C19H23N3O2/c1-2-17-20-18(21-24-17)16-11-6-12-22(16)19(23)15-10-5-8-13-7-3-4-9-14(13)15/h3-4,7,9,15-16H,2,5-6,8,10-12H2,1H3/t15-,16+/m0/s1. The SMILES string of the molecule is CCc1nc([C@H]2CCCN2C(=O)[C@H]2CCCc3ccccc32)no1. The summed E-state index contributed by atoms with van der Waals surface area (Å²) in [6, 6.07) is 8.35. The summed E-state index contributed by atoms with van der Waals surface area (Å²) in [4.78, 5) is 19.7. The highest BCUT2D eigenvalue weighted by Crippen LogP contribution is 2.38. The van der Waals surface area contributed by atoms with Crippen LogP contribution in [0.4, 0.5) is 0 Å². The van der Waals surface area contributed by atoms with Gasteiger partial charge in [0.25, 0.3) is 0 Å². The third-order valence-electron chi connectivity index (χ3n) is 5.29. The second-order valence-electron chi connectivity index (χ2n) is 6.73. The summed E-state index contributed by atoms with van der Waals surface area (Å²) in [6.07, 6.45) is 5.74. The molecule has 5 heteroatoms. The molecule has 1 fully saturated rings. The number of nitrogens with zero attached hydrogens (tertiary/aromatic N) is 3. The minimum Gasteiger partial charge on any atom is -0.339 e. The molecule has 24 heavy (non-hydrogen) atoms. The highest BCUT2D eigenvalue weighted by molar-refractivity contribution is 5.85. The van der Waals surface area contributed by atoms with Gasteiger partial charge in [-0.3, -0.25) is 4.79 Å². The number of benzene rings is 1. The molecule has 5 nitrogen and oxygen atoms in total. The van der Waals surface area contributed by atoms with Crippen molar-refractivity contribution in [2.24, 2.45) is 0 Å². The van der Waals surface area contributed by atoms with E-state index in [9.17, 15) is 4.79 Å². The molecule has 0 unspecified atom stereocenters. The maximum absolute atomic E-state index is 13.3. The van der Waals surface area contributed by atoms with Crippen LogP contribution in [0.2, 0.25) is 0 Å². The van der Waals surface area contributed by atoms with Gasteiger partial charge < -0.3 is 9.42 Å². The number of hydrogen-bond acceptors (Lipinski definition) is 4. The first-order valence-corrected chi connectivity index (χ1v) is 8.98.